The van der Waals surface area contributed by atoms with Crippen LogP contribution in [0.4, 0.5) is 0 Å². The Balaban J connectivity index is 1.50. The minimum absolute atomic E-state index is 0.0324. The highest BCUT2D eigenvalue weighted by Gasteiger charge is 2.40. The van der Waals surface area contributed by atoms with Crippen molar-refractivity contribution >= 4 is 17.3 Å². The Hall–Kier alpha value is -2.73. The zero-order valence-corrected chi connectivity index (χ0v) is 17.1. The summed E-state index contributed by atoms with van der Waals surface area (Å²) < 4.78 is 2.41. The van der Waals surface area contributed by atoms with Crippen molar-refractivity contribution in [2.24, 2.45) is 0 Å². The molecule has 6 heteroatoms. The average molecular weight is 404 g/mol. The van der Waals surface area contributed by atoms with Crippen molar-refractivity contribution in [3.63, 3.8) is 0 Å². The summed E-state index contributed by atoms with van der Waals surface area (Å²) in [6, 6.07) is 13.2. The quantitative estimate of drug-likeness (QED) is 0.633. The molecule has 3 aromatic rings. The number of thiocarbonyl (C=S) groups is 1. The van der Waals surface area contributed by atoms with E-state index in [-0.39, 0.29) is 12.1 Å². The van der Waals surface area contributed by atoms with Gasteiger partial charge in [0.05, 0.1) is 17.8 Å². The van der Waals surface area contributed by atoms with Crippen LogP contribution < -0.4 is 5.32 Å². The first-order valence-electron chi connectivity index (χ1n) is 10.3. The van der Waals surface area contributed by atoms with E-state index in [0.717, 1.165) is 17.4 Å². The van der Waals surface area contributed by atoms with E-state index in [1.54, 1.807) is 0 Å². The molecular weight excluding hydrogens is 378 g/mol. The predicted molar refractivity (Wildman–Crippen MR) is 117 cm³/mol. The topological polar surface area (TPSA) is 46.0 Å². The molecule has 1 saturated carbocycles. The number of nitrogens with one attached hydrogen (secondary N) is 1. The lowest BCUT2D eigenvalue weighted by Crippen LogP contribution is -2.29. The van der Waals surface area contributed by atoms with Crippen molar-refractivity contribution in [1.82, 2.24) is 24.8 Å². The Kier molecular flexibility index (Phi) is 5.02. The molecule has 1 N–H and O–H groups in total. The van der Waals surface area contributed by atoms with Crippen LogP contribution >= 0.6 is 12.2 Å². The van der Waals surface area contributed by atoms with Crippen LogP contribution in [0.25, 0.3) is 0 Å². The molecule has 0 spiro atoms. The van der Waals surface area contributed by atoms with Crippen LogP contribution in [0.3, 0.4) is 0 Å². The van der Waals surface area contributed by atoms with Gasteiger partial charge in [0.2, 0.25) is 0 Å². The molecule has 1 aliphatic carbocycles. The van der Waals surface area contributed by atoms with Gasteiger partial charge in [0, 0.05) is 43.6 Å². The normalized spacial score (nSPS) is 22.2. The lowest BCUT2D eigenvalue weighted by Gasteiger charge is -2.27. The molecule has 5 rings (SSSR count). The molecule has 2 fully saturated rings. The summed E-state index contributed by atoms with van der Waals surface area (Å²) in [5.74, 6) is 0. The highest BCUT2D eigenvalue weighted by molar-refractivity contribution is 7.80. The fourth-order valence-electron chi connectivity index (χ4n) is 4.66. The van der Waals surface area contributed by atoms with Gasteiger partial charge in [-0.15, -0.1) is 0 Å². The Morgan fingerprint density at radius 3 is 2.62 bits per heavy atom. The van der Waals surface area contributed by atoms with Crippen LogP contribution in [-0.4, -0.2) is 24.5 Å². The highest BCUT2D eigenvalue weighted by Crippen LogP contribution is 2.40. The molecule has 5 nitrogen and oxygen atoms in total. The summed E-state index contributed by atoms with van der Waals surface area (Å²) in [5.41, 5.74) is 3.51. The highest BCUT2D eigenvalue weighted by atomic mass is 32.1. The molecule has 4 heterocycles. The van der Waals surface area contributed by atoms with Crippen molar-refractivity contribution in [2.75, 3.05) is 0 Å². The number of aromatic nitrogens is 3. The van der Waals surface area contributed by atoms with Gasteiger partial charge < -0.3 is 14.8 Å². The Bertz CT molecular complexity index is 965. The lowest BCUT2D eigenvalue weighted by atomic mass is 9.99. The van der Waals surface area contributed by atoms with Crippen molar-refractivity contribution < 1.29 is 0 Å². The summed E-state index contributed by atoms with van der Waals surface area (Å²) in [5, 5.41) is 4.31. The van der Waals surface area contributed by atoms with Crippen LogP contribution in [0, 0.1) is 0 Å². The van der Waals surface area contributed by atoms with Crippen molar-refractivity contribution in [1.29, 1.82) is 0 Å². The monoisotopic (exact) mass is 403 g/mol. The summed E-state index contributed by atoms with van der Waals surface area (Å²) >= 11 is 5.77. The number of nitrogens with zero attached hydrogens (tertiary/aromatic N) is 4. The maximum Gasteiger partial charge on any atom is 0.170 e. The zero-order valence-electron chi connectivity index (χ0n) is 16.3. The van der Waals surface area contributed by atoms with E-state index in [1.165, 1.54) is 36.8 Å². The number of rotatable bonds is 5. The van der Waals surface area contributed by atoms with Crippen molar-refractivity contribution in [3.8, 4) is 0 Å². The van der Waals surface area contributed by atoms with E-state index in [9.17, 15) is 0 Å². The number of hydrogen-bond acceptors (Lipinski definition) is 3. The van der Waals surface area contributed by atoms with Crippen LogP contribution in [0.15, 0.2) is 67.4 Å². The largest absolute Gasteiger partial charge is 0.352 e. The van der Waals surface area contributed by atoms with Gasteiger partial charge in [0.25, 0.3) is 0 Å². The lowest BCUT2D eigenvalue weighted by molar-refractivity contribution is 0.310. The molecule has 2 aliphatic rings. The summed E-state index contributed by atoms with van der Waals surface area (Å²) in [6.07, 6.45) is 15.3. The first-order chi connectivity index (χ1) is 14.3. The Labute approximate surface area is 176 Å². The maximum absolute atomic E-state index is 5.77. The third-order valence-corrected chi connectivity index (χ3v) is 6.48. The van der Waals surface area contributed by atoms with Gasteiger partial charge in [-0.1, -0.05) is 18.9 Å². The molecule has 148 valence electrons. The third-order valence-electron chi connectivity index (χ3n) is 6.13. The van der Waals surface area contributed by atoms with E-state index >= 15 is 0 Å². The smallest absolute Gasteiger partial charge is 0.170 e. The Morgan fingerprint density at radius 1 is 1.03 bits per heavy atom. The second-order valence-corrected chi connectivity index (χ2v) is 8.33. The van der Waals surface area contributed by atoms with E-state index in [2.05, 4.69) is 61.4 Å². The van der Waals surface area contributed by atoms with Crippen LogP contribution in [0.5, 0.6) is 0 Å². The molecule has 0 radical (unpaired) electrons. The van der Waals surface area contributed by atoms with Crippen molar-refractivity contribution in [2.45, 2.75) is 50.4 Å². The Morgan fingerprint density at radius 2 is 1.86 bits per heavy atom. The fraction of sp³-hybridized carbons (Fsp3) is 0.348. The SMILES string of the molecule is S=C1N[C@@H](c2ccccn2)[C@H](c2ccn(C3CCCC3)c2)N1Cc1ccncc1. The molecule has 2 atom stereocenters. The third kappa shape index (κ3) is 3.65. The molecule has 0 bridgehead atoms. The number of pyridine rings is 2. The van der Waals surface area contributed by atoms with Gasteiger partial charge in [-0.2, -0.15) is 0 Å². The summed E-state index contributed by atoms with van der Waals surface area (Å²) in [7, 11) is 0. The van der Waals surface area contributed by atoms with Crippen LogP contribution in [0.1, 0.15) is 60.6 Å². The second kappa shape index (κ2) is 7.95. The standard InChI is InChI=1S/C23H25N5S/c29-23-26-21(20-7-3-4-11-25-20)22(28(23)15-17-8-12-24-13-9-17)18-10-14-27(16-18)19-5-1-2-6-19/h3-4,7-14,16,19,21-22H,1-2,5-6,15H2,(H,26,29)/t21-,22-/m0/s1. The van der Waals surface area contributed by atoms with E-state index in [4.69, 9.17) is 12.2 Å². The minimum atomic E-state index is 0.0324. The summed E-state index contributed by atoms with van der Waals surface area (Å²) in [6.45, 7) is 0.747. The van der Waals surface area contributed by atoms with Gasteiger partial charge in [-0.05, 0) is 66.5 Å². The molecule has 0 aromatic carbocycles. The molecular formula is C23H25N5S. The number of hydrogen-bond donors (Lipinski definition) is 1. The molecule has 29 heavy (non-hydrogen) atoms. The molecule has 0 unspecified atom stereocenters. The van der Waals surface area contributed by atoms with Gasteiger partial charge >= 0.3 is 0 Å². The maximum atomic E-state index is 5.77. The minimum Gasteiger partial charge on any atom is -0.352 e. The van der Waals surface area contributed by atoms with Gasteiger partial charge in [0.15, 0.2) is 5.11 Å². The van der Waals surface area contributed by atoms with E-state index in [1.807, 2.05) is 30.7 Å². The van der Waals surface area contributed by atoms with E-state index in [0.29, 0.717) is 6.04 Å². The van der Waals surface area contributed by atoms with Crippen molar-refractivity contribution in [3.05, 3.63) is 84.2 Å². The van der Waals surface area contributed by atoms with Gasteiger partial charge in [0.1, 0.15) is 0 Å². The van der Waals surface area contributed by atoms with Crippen LogP contribution in [0.2, 0.25) is 0 Å². The average Bonchev–Trinajstić information content (AvgIpc) is 3.50. The first-order valence-corrected chi connectivity index (χ1v) is 10.7. The molecule has 1 saturated heterocycles. The second-order valence-electron chi connectivity index (χ2n) is 7.94. The molecule has 0 amide bonds. The fourth-order valence-corrected chi connectivity index (χ4v) is 4.96. The zero-order chi connectivity index (χ0) is 19.6. The predicted octanol–water partition coefficient (Wildman–Crippen LogP) is 4.57. The molecule has 3 aromatic heterocycles. The summed E-state index contributed by atoms with van der Waals surface area (Å²) in [4.78, 5) is 11.1. The van der Waals surface area contributed by atoms with Crippen LogP contribution in [-0.2, 0) is 6.54 Å². The van der Waals surface area contributed by atoms with Gasteiger partial charge in [-0.3, -0.25) is 9.97 Å². The molecule has 1 aliphatic heterocycles. The first kappa shape index (κ1) is 18.3. The van der Waals surface area contributed by atoms with Gasteiger partial charge in [-0.25, -0.2) is 0 Å². The van der Waals surface area contributed by atoms with E-state index < -0.39 is 0 Å².